The van der Waals surface area contributed by atoms with Crippen molar-refractivity contribution >= 4 is 5.95 Å². The number of aryl methyl sites for hydroxylation is 1. The van der Waals surface area contributed by atoms with Crippen LogP contribution in [0.4, 0.5) is 5.95 Å². The van der Waals surface area contributed by atoms with E-state index in [2.05, 4.69) is 25.4 Å². The molecule has 0 unspecified atom stereocenters. The molecular formula is C11H17N7O. The highest BCUT2D eigenvalue weighted by Gasteiger charge is 2.12. The second kappa shape index (κ2) is 5.19. The Morgan fingerprint density at radius 3 is 2.53 bits per heavy atom. The minimum Gasteiger partial charge on any atom is -0.461 e. The van der Waals surface area contributed by atoms with E-state index in [-0.39, 0.29) is 18.1 Å². The van der Waals surface area contributed by atoms with Crippen molar-refractivity contribution in [3.05, 3.63) is 17.7 Å². The molecule has 0 atom stereocenters. The maximum atomic E-state index is 5.47. The molecule has 0 fully saturated rings. The number of nitrogens with one attached hydrogen (secondary N) is 1. The highest BCUT2D eigenvalue weighted by atomic mass is 16.5. The van der Waals surface area contributed by atoms with Crippen molar-refractivity contribution in [3.8, 4) is 12.0 Å². The Morgan fingerprint density at radius 1 is 1.26 bits per heavy atom. The largest absolute Gasteiger partial charge is 0.461 e. The molecule has 102 valence electrons. The quantitative estimate of drug-likeness (QED) is 0.619. The summed E-state index contributed by atoms with van der Waals surface area (Å²) < 4.78 is 7.23. The second-order valence-electron chi connectivity index (χ2n) is 4.34. The molecule has 0 aliphatic rings. The van der Waals surface area contributed by atoms with Crippen molar-refractivity contribution in [2.75, 3.05) is 5.43 Å². The van der Waals surface area contributed by atoms with Crippen LogP contribution in [0.5, 0.6) is 6.01 Å². The third kappa shape index (κ3) is 2.79. The first-order valence-electron chi connectivity index (χ1n) is 5.91. The first-order chi connectivity index (χ1) is 9.01. The minimum absolute atomic E-state index is 0.0357. The number of hydrogen-bond donors (Lipinski definition) is 2. The predicted octanol–water partition coefficient (Wildman–Crippen LogP) is 0.747. The Bertz CT molecular complexity index is 578. The van der Waals surface area contributed by atoms with E-state index < -0.39 is 0 Å². The number of hydrogen-bond acceptors (Lipinski definition) is 7. The molecule has 2 heterocycles. The Balaban J connectivity index is 2.47. The van der Waals surface area contributed by atoms with Crippen molar-refractivity contribution in [2.24, 2.45) is 5.84 Å². The first kappa shape index (κ1) is 13.2. The van der Waals surface area contributed by atoms with Crippen LogP contribution in [0.15, 0.2) is 6.33 Å². The fourth-order valence-corrected chi connectivity index (χ4v) is 1.48. The molecule has 0 spiro atoms. The average molecular weight is 263 g/mol. The van der Waals surface area contributed by atoms with Crippen LogP contribution in [0.25, 0.3) is 5.95 Å². The van der Waals surface area contributed by atoms with Crippen LogP contribution in [0.1, 0.15) is 25.2 Å². The molecule has 0 saturated heterocycles. The number of ether oxygens (including phenoxy) is 1. The topological polar surface area (TPSA) is 104 Å². The third-order valence-corrected chi connectivity index (χ3v) is 2.54. The first-order valence-corrected chi connectivity index (χ1v) is 5.91. The number of anilines is 1. The zero-order chi connectivity index (χ0) is 14.0. The zero-order valence-electron chi connectivity index (χ0n) is 11.4. The lowest BCUT2D eigenvalue weighted by molar-refractivity contribution is 0.221. The van der Waals surface area contributed by atoms with Gasteiger partial charge in [0.15, 0.2) is 0 Å². The molecule has 8 heteroatoms. The normalized spacial score (nSPS) is 10.8. The van der Waals surface area contributed by atoms with Crippen molar-refractivity contribution in [3.63, 3.8) is 0 Å². The average Bonchev–Trinajstić information content (AvgIpc) is 2.69. The Labute approximate surface area is 111 Å². The van der Waals surface area contributed by atoms with E-state index >= 15 is 0 Å². The Kier molecular flexibility index (Phi) is 3.61. The van der Waals surface area contributed by atoms with E-state index in [9.17, 15) is 0 Å². The van der Waals surface area contributed by atoms with Crippen molar-refractivity contribution in [2.45, 2.75) is 33.8 Å². The van der Waals surface area contributed by atoms with Crippen molar-refractivity contribution < 1.29 is 4.74 Å². The standard InChI is InChI=1S/C11H17N7O/c1-6(2)19-11-15-9(17-12)14-10(16-11)18-5-13-7(3)8(18)4/h5-6H,12H2,1-4H3,(H,14,15,16,17). The molecule has 0 bridgehead atoms. The van der Waals surface area contributed by atoms with Crippen molar-refractivity contribution in [1.29, 1.82) is 0 Å². The van der Waals surface area contributed by atoms with Crippen LogP contribution >= 0.6 is 0 Å². The number of nitrogen functional groups attached to an aromatic ring is 1. The highest BCUT2D eigenvalue weighted by molar-refractivity contribution is 5.31. The van der Waals surface area contributed by atoms with Gasteiger partial charge in [0.25, 0.3) is 0 Å². The molecule has 0 radical (unpaired) electrons. The molecule has 0 aliphatic carbocycles. The van der Waals surface area contributed by atoms with Crippen LogP contribution in [0, 0.1) is 13.8 Å². The zero-order valence-corrected chi connectivity index (χ0v) is 11.4. The fraction of sp³-hybridized carbons (Fsp3) is 0.455. The van der Waals surface area contributed by atoms with Gasteiger partial charge in [0.05, 0.1) is 11.8 Å². The lowest BCUT2D eigenvalue weighted by Gasteiger charge is -2.11. The van der Waals surface area contributed by atoms with Gasteiger partial charge in [0.2, 0.25) is 11.9 Å². The van der Waals surface area contributed by atoms with Gasteiger partial charge in [-0.25, -0.2) is 10.8 Å². The van der Waals surface area contributed by atoms with Gasteiger partial charge in [-0.2, -0.15) is 15.0 Å². The summed E-state index contributed by atoms with van der Waals surface area (Å²) in [4.78, 5) is 16.7. The molecule has 2 aromatic rings. The van der Waals surface area contributed by atoms with E-state index in [1.807, 2.05) is 27.7 Å². The van der Waals surface area contributed by atoms with E-state index in [0.29, 0.717) is 5.95 Å². The van der Waals surface area contributed by atoms with Gasteiger partial charge in [-0.15, -0.1) is 0 Å². The Morgan fingerprint density at radius 2 is 2.00 bits per heavy atom. The van der Waals surface area contributed by atoms with Crippen LogP contribution < -0.4 is 16.0 Å². The summed E-state index contributed by atoms with van der Waals surface area (Å²) in [5.74, 6) is 6.01. The SMILES string of the molecule is Cc1ncn(-c2nc(NN)nc(OC(C)C)n2)c1C. The van der Waals surface area contributed by atoms with Gasteiger partial charge in [0, 0.05) is 5.69 Å². The van der Waals surface area contributed by atoms with Gasteiger partial charge in [0.1, 0.15) is 6.33 Å². The van der Waals surface area contributed by atoms with Gasteiger partial charge in [-0.1, -0.05) is 0 Å². The number of rotatable bonds is 4. The maximum absolute atomic E-state index is 5.47. The summed E-state index contributed by atoms with van der Waals surface area (Å²) in [5, 5.41) is 0. The van der Waals surface area contributed by atoms with Crippen LogP contribution in [-0.2, 0) is 0 Å². The highest BCUT2D eigenvalue weighted by Crippen LogP contribution is 2.14. The van der Waals surface area contributed by atoms with E-state index in [1.54, 1.807) is 10.9 Å². The summed E-state index contributed by atoms with van der Waals surface area (Å²) in [6, 6.07) is 0.221. The number of hydrazine groups is 1. The summed E-state index contributed by atoms with van der Waals surface area (Å²) in [7, 11) is 0. The lowest BCUT2D eigenvalue weighted by atomic mass is 10.4. The predicted molar refractivity (Wildman–Crippen MR) is 70.0 cm³/mol. The number of nitrogens with zero attached hydrogens (tertiary/aromatic N) is 5. The van der Waals surface area contributed by atoms with Crippen molar-refractivity contribution in [1.82, 2.24) is 24.5 Å². The van der Waals surface area contributed by atoms with Crippen LogP contribution in [-0.4, -0.2) is 30.6 Å². The second-order valence-corrected chi connectivity index (χ2v) is 4.34. The minimum atomic E-state index is -0.0357. The van der Waals surface area contributed by atoms with E-state index in [0.717, 1.165) is 11.4 Å². The molecule has 2 rings (SSSR count). The van der Waals surface area contributed by atoms with E-state index in [4.69, 9.17) is 10.6 Å². The lowest BCUT2D eigenvalue weighted by Crippen LogP contribution is -2.16. The number of aromatic nitrogens is 5. The molecule has 8 nitrogen and oxygen atoms in total. The van der Waals surface area contributed by atoms with Gasteiger partial charge in [-0.3, -0.25) is 9.99 Å². The molecule has 3 N–H and O–H groups in total. The summed E-state index contributed by atoms with van der Waals surface area (Å²) in [5.41, 5.74) is 4.26. The van der Waals surface area contributed by atoms with Crippen LogP contribution in [0.3, 0.4) is 0 Å². The molecule has 2 aromatic heterocycles. The van der Waals surface area contributed by atoms with Gasteiger partial charge in [-0.05, 0) is 27.7 Å². The summed E-state index contributed by atoms with van der Waals surface area (Å²) in [6.45, 7) is 7.64. The fourth-order valence-electron chi connectivity index (χ4n) is 1.48. The van der Waals surface area contributed by atoms with Gasteiger partial charge >= 0.3 is 6.01 Å². The summed E-state index contributed by atoms with van der Waals surface area (Å²) >= 11 is 0. The van der Waals surface area contributed by atoms with Gasteiger partial charge < -0.3 is 4.74 Å². The molecule has 0 aliphatic heterocycles. The molecule has 0 aromatic carbocycles. The molecule has 0 saturated carbocycles. The molecule has 0 amide bonds. The molecule has 19 heavy (non-hydrogen) atoms. The Hall–Kier alpha value is -2.22. The van der Waals surface area contributed by atoms with Crippen LogP contribution in [0.2, 0.25) is 0 Å². The number of imidazole rings is 1. The molecular weight excluding hydrogens is 246 g/mol. The summed E-state index contributed by atoms with van der Waals surface area (Å²) in [6.07, 6.45) is 1.62. The smallest absolute Gasteiger partial charge is 0.323 e. The van der Waals surface area contributed by atoms with E-state index in [1.165, 1.54) is 0 Å². The number of nitrogens with two attached hydrogens (primary N) is 1. The third-order valence-electron chi connectivity index (χ3n) is 2.54. The maximum Gasteiger partial charge on any atom is 0.323 e. The monoisotopic (exact) mass is 263 g/mol.